The molecule has 0 heterocycles. The standard InChI is InChI=1S/C19H23NO4S/c1-13-8-10-16(11-9-13)25(23,24)20(4)18(19(21)22)12-17-14(2)6-5-7-15(17)3/h5-11,18H,12H2,1-4H3,(H,21,22)/t18-/m1/s1. The molecule has 0 aromatic heterocycles. The van der Waals surface area contributed by atoms with Gasteiger partial charge in [-0.1, -0.05) is 35.9 Å². The van der Waals surface area contributed by atoms with Crippen LogP contribution >= 0.6 is 0 Å². The summed E-state index contributed by atoms with van der Waals surface area (Å²) in [6.45, 7) is 5.66. The van der Waals surface area contributed by atoms with Gasteiger partial charge in [-0.2, -0.15) is 4.31 Å². The maximum absolute atomic E-state index is 12.8. The van der Waals surface area contributed by atoms with E-state index in [0.29, 0.717) is 0 Å². The SMILES string of the molecule is Cc1ccc(S(=O)(=O)N(C)[C@H](Cc2c(C)cccc2C)C(=O)O)cc1. The first-order valence-electron chi connectivity index (χ1n) is 7.97. The molecule has 0 saturated heterocycles. The fraction of sp³-hybridized carbons (Fsp3) is 0.316. The third-order valence-corrected chi connectivity index (χ3v) is 6.34. The van der Waals surface area contributed by atoms with E-state index in [-0.39, 0.29) is 11.3 Å². The van der Waals surface area contributed by atoms with Crippen LogP contribution in [0.25, 0.3) is 0 Å². The molecule has 1 atom stereocenters. The van der Waals surface area contributed by atoms with Crippen LogP contribution in [0.5, 0.6) is 0 Å². The Morgan fingerprint density at radius 3 is 2.04 bits per heavy atom. The van der Waals surface area contributed by atoms with Gasteiger partial charge in [-0.3, -0.25) is 4.79 Å². The lowest BCUT2D eigenvalue weighted by Gasteiger charge is -2.25. The highest BCUT2D eigenvalue weighted by molar-refractivity contribution is 7.89. The van der Waals surface area contributed by atoms with Crippen molar-refractivity contribution in [2.75, 3.05) is 7.05 Å². The normalized spacial score (nSPS) is 13.0. The van der Waals surface area contributed by atoms with Gasteiger partial charge in [-0.15, -0.1) is 0 Å². The first-order chi connectivity index (χ1) is 11.6. The Balaban J connectivity index is 2.39. The molecule has 0 aliphatic heterocycles. The summed E-state index contributed by atoms with van der Waals surface area (Å²) in [4.78, 5) is 11.9. The summed E-state index contributed by atoms with van der Waals surface area (Å²) in [6.07, 6.45) is 0.120. The van der Waals surface area contributed by atoms with Crippen LogP contribution < -0.4 is 0 Å². The third-order valence-electron chi connectivity index (χ3n) is 4.46. The number of aliphatic carboxylic acids is 1. The Morgan fingerprint density at radius 1 is 1.04 bits per heavy atom. The van der Waals surface area contributed by atoms with Gasteiger partial charge >= 0.3 is 5.97 Å². The number of likely N-dealkylation sites (N-methyl/N-ethyl adjacent to an activating group) is 1. The summed E-state index contributed by atoms with van der Waals surface area (Å²) in [5, 5.41) is 9.64. The van der Waals surface area contributed by atoms with Crippen LogP contribution in [0.4, 0.5) is 0 Å². The Hall–Kier alpha value is -2.18. The summed E-state index contributed by atoms with van der Waals surface area (Å²) in [6, 6.07) is 10.9. The van der Waals surface area contributed by atoms with E-state index in [0.717, 1.165) is 26.6 Å². The maximum Gasteiger partial charge on any atom is 0.322 e. The minimum absolute atomic E-state index is 0.0911. The number of sulfonamides is 1. The number of benzene rings is 2. The second kappa shape index (κ2) is 7.37. The molecule has 0 unspecified atom stereocenters. The number of hydrogen-bond acceptors (Lipinski definition) is 3. The zero-order valence-electron chi connectivity index (χ0n) is 14.9. The Morgan fingerprint density at radius 2 is 1.56 bits per heavy atom. The van der Waals surface area contributed by atoms with Crippen molar-refractivity contribution < 1.29 is 18.3 Å². The summed E-state index contributed by atoms with van der Waals surface area (Å²) in [5.74, 6) is -1.17. The van der Waals surface area contributed by atoms with Gasteiger partial charge < -0.3 is 5.11 Å². The van der Waals surface area contributed by atoms with E-state index in [1.54, 1.807) is 12.1 Å². The molecule has 0 aliphatic rings. The van der Waals surface area contributed by atoms with Crippen LogP contribution in [-0.2, 0) is 21.2 Å². The molecular formula is C19H23NO4S. The van der Waals surface area contributed by atoms with Gasteiger partial charge in [0.25, 0.3) is 0 Å². The van der Waals surface area contributed by atoms with Crippen LogP contribution in [0.15, 0.2) is 47.4 Å². The van der Waals surface area contributed by atoms with E-state index in [1.165, 1.54) is 19.2 Å². The molecule has 0 radical (unpaired) electrons. The average molecular weight is 361 g/mol. The summed E-state index contributed by atoms with van der Waals surface area (Å²) in [7, 11) is -2.57. The predicted octanol–water partition coefficient (Wildman–Crippen LogP) is 2.93. The first kappa shape index (κ1) is 19.1. The number of hydrogen-bond donors (Lipinski definition) is 1. The van der Waals surface area contributed by atoms with E-state index >= 15 is 0 Å². The van der Waals surface area contributed by atoms with Gasteiger partial charge in [0.2, 0.25) is 10.0 Å². The highest BCUT2D eigenvalue weighted by Gasteiger charge is 2.33. The zero-order chi connectivity index (χ0) is 18.8. The van der Waals surface area contributed by atoms with Crippen molar-refractivity contribution in [2.45, 2.75) is 38.1 Å². The lowest BCUT2D eigenvalue weighted by Crippen LogP contribution is -2.44. The highest BCUT2D eigenvalue weighted by atomic mass is 32.2. The number of carboxylic acid groups (broad SMARTS) is 1. The fourth-order valence-corrected chi connectivity index (χ4v) is 4.09. The zero-order valence-corrected chi connectivity index (χ0v) is 15.7. The largest absolute Gasteiger partial charge is 0.480 e. The quantitative estimate of drug-likeness (QED) is 0.858. The van der Waals surface area contributed by atoms with Crippen molar-refractivity contribution in [3.8, 4) is 0 Å². The van der Waals surface area contributed by atoms with Gasteiger partial charge in [-0.05, 0) is 49.6 Å². The second-order valence-corrected chi connectivity index (χ2v) is 8.26. The van der Waals surface area contributed by atoms with Crippen molar-refractivity contribution in [3.05, 3.63) is 64.7 Å². The fourth-order valence-electron chi connectivity index (χ4n) is 2.78. The monoisotopic (exact) mass is 361 g/mol. The van der Waals surface area contributed by atoms with Crippen LogP contribution in [-0.4, -0.2) is 36.9 Å². The van der Waals surface area contributed by atoms with Crippen LogP contribution in [0.1, 0.15) is 22.3 Å². The van der Waals surface area contributed by atoms with Crippen LogP contribution in [0, 0.1) is 20.8 Å². The van der Waals surface area contributed by atoms with Crippen molar-refractivity contribution in [3.63, 3.8) is 0 Å². The van der Waals surface area contributed by atoms with Gasteiger partial charge in [0.15, 0.2) is 0 Å². The van der Waals surface area contributed by atoms with Gasteiger partial charge in [0.05, 0.1) is 4.90 Å². The first-order valence-corrected chi connectivity index (χ1v) is 9.41. The lowest BCUT2D eigenvalue weighted by molar-refractivity contribution is -0.141. The molecule has 0 bridgehead atoms. The van der Waals surface area contributed by atoms with Crippen molar-refractivity contribution in [1.82, 2.24) is 4.31 Å². The number of carboxylic acids is 1. The Kier molecular flexibility index (Phi) is 5.65. The predicted molar refractivity (Wildman–Crippen MR) is 97.2 cm³/mol. The summed E-state index contributed by atoms with van der Waals surface area (Å²) >= 11 is 0. The number of carbonyl (C=O) groups is 1. The molecule has 25 heavy (non-hydrogen) atoms. The van der Waals surface area contributed by atoms with Crippen molar-refractivity contribution in [2.24, 2.45) is 0 Å². The third kappa shape index (κ3) is 4.08. The average Bonchev–Trinajstić information content (AvgIpc) is 2.54. The van der Waals surface area contributed by atoms with Gasteiger partial charge in [0, 0.05) is 13.5 Å². The number of nitrogens with zero attached hydrogens (tertiary/aromatic N) is 1. The Bertz CT molecular complexity index is 853. The van der Waals surface area contributed by atoms with E-state index in [2.05, 4.69) is 0 Å². The minimum atomic E-state index is -3.89. The van der Waals surface area contributed by atoms with Gasteiger partial charge in [-0.25, -0.2) is 8.42 Å². The van der Waals surface area contributed by atoms with Crippen molar-refractivity contribution in [1.29, 1.82) is 0 Å². The smallest absolute Gasteiger partial charge is 0.322 e. The molecule has 6 heteroatoms. The lowest BCUT2D eigenvalue weighted by atomic mass is 9.96. The molecule has 2 aromatic carbocycles. The molecule has 134 valence electrons. The van der Waals surface area contributed by atoms with E-state index in [1.807, 2.05) is 39.0 Å². The highest BCUT2D eigenvalue weighted by Crippen LogP contribution is 2.22. The second-order valence-electron chi connectivity index (χ2n) is 6.26. The number of rotatable bonds is 6. The molecule has 0 fully saturated rings. The van der Waals surface area contributed by atoms with Gasteiger partial charge in [0.1, 0.15) is 6.04 Å². The van der Waals surface area contributed by atoms with E-state index < -0.39 is 22.0 Å². The molecule has 0 aliphatic carbocycles. The minimum Gasteiger partial charge on any atom is -0.480 e. The Labute approximate surface area is 149 Å². The van der Waals surface area contributed by atoms with Crippen LogP contribution in [0.2, 0.25) is 0 Å². The van der Waals surface area contributed by atoms with Crippen LogP contribution in [0.3, 0.4) is 0 Å². The molecule has 0 spiro atoms. The molecule has 2 rings (SSSR count). The summed E-state index contributed by atoms with van der Waals surface area (Å²) in [5.41, 5.74) is 3.70. The van der Waals surface area contributed by atoms with Crippen molar-refractivity contribution >= 4 is 16.0 Å². The molecule has 5 nitrogen and oxygen atoms in total. The molecule has 0 saturated carbocycles. The van der Waals surface area contributed by atoms with E-state index in [4.69, 9.17) is 0 Å². The molecule has 1 N–H and O–H groups in total. The topological polar surface area (TPSA) is 74.7 Å². The molecular weight excluding hydrogens is 338 g/mol. The molecule has 2 aromatic rings. The summed E-state index contributed by atoms with van der Waals surface area (Å²) < 4.78 is 26.6. The maximum atomic E-state index is 12.8. The number of aryl methyl sites for hydroxylation is 3. The molecule has 0 amide bonds. The van der Waals surface area contributed by atoms with E-state index in [9.17, 15) is 18.3 Å².